The molecule has 0 spiro atoms. The minimum atomic E-state index is -0.648. The van der Waals surface area contributed by atoms with E-state index in [0.29, 0.717) is 32.1 Å². The first-order valence-corrected chi connectivity index (χ1v) is 7.09. The van der Waals surface area contributed by atoms with Crippen LogP contribution in [0.3, 0.4) is 0 Å². The molecule has 116 valence electrons. The van der Waals surface area contributed by atoms with Crippen molar-refractivity contribution in [2.24, 2.45) is 0 Å². The summed E-state index contributed by atoms with van der Waals surface area (Å²) >= 11 is 0. The summed E-state index contributed by atoms with van der Waals surface area (Å²) in [5, 5.41) is 12.2. The zero-order valence-corrected chi connectivity index (χ0v) is 12.5. The molecule has 0 aliphatic carbocycles. The molecule has 0 amide bonds. The van der Waals surface area contributed by atoms with Gasteiger partial charge < -0.3 is 19.7 Å². The first-order valence-electron chi connectivity index (χ1n) is 7.09. The Morgan fingerprint density at radius 1 is 1.33 bits per heavy atom. The smallest absolute Gasteiger partial charge is 0.352 e. The van der Waals surface area contributed by atoms with Crippen molar-refractivity contribution in [3.63, 3.8) is 0 Å². The number of esters is 2. The monoisotopic (exact) mass is 295 g/mol. The third-order valence-electron chi connectivity index (χ3n) is 2.93. The van der Waals surface area contributed by atoms with Crippen LogP contribution in [0.5, 0.6) is 0 Å². The molecule has 0 radical (unpaired) electrons. The minimum Gasteiger partial charge on any atom is -0.466 e. The van der Waals surface area contributed by atoms with Gasteiger partial charge in [-0.1, -0.05) is 0 Å². The Bertz CT molecular complexity index is 454. The molecule has 0 bridgehead atoms. The highest BCUT2D eigenvalue weighted by atomic mass is 16.5. The standard InChI is InChI=1S/C14H21N3O4/c1-3-20-12(18)6-9-17-8-5-7-16-13(17)11(10-15)14(19)21-4-2/h16H,3-9H2,1-2H3. The molecule has 21 heavy (non-hydrogen) atoms. The molecule has 7 heteroatoms. The molecule has 0 saturated carbocycles. The predicted octanol–water partition coefficient (Wildman–Crippen LogP) is 0.533. The molecule has 7 nitrogen and oxygen atoms in total. The maximum atomic E-state index is 11.8. The molecule has 1 saturated heterocycles. The van der Waals surface area contributed by atoms with E-state index < -0.39 is 5.97 Å². The normalized spacial score (nSPS) is 16.5. The van der Waals surface area contributed by atoms with E-state index in [4.69, 9.17) is 9.47 Å². The van der Waals surface area contributed by atoms with Crippen LogP contribution in [-0.2, 0) is 19.1 Å². The fourth-order valence-corrected chi connectivity index (χ4v) is 2.03. The van der Waals surface area contributed by atoms with Gasteiger partial charge in [0, 0.05) is 19.6 Å². The quantitative estimate of drug-likeness (QED) is 0.434. The zero-order valence-electron chi connectivity index (χ0n) is 12.5. The third kappa shape index (κ3) is 4.99. The van der Waals surface area contributed by atoms with E-state index in [1.165, 1.54) is 0 Å². The number of nitriles is 1. The fraction of sp³-hybridized carbons (Fsp3) is 0.643. The molecule has 1 aliphatic heterocycles. The number of nitrogens with one attached hydrogen (secondary N) is 1. The zero-order chi connectivity index (χ0) is 15.7. The topological polar surface area (TPSA) is 91.7 Å². The van der Waals surface area contributed by atoms with E-state index in [9.17, 15) is 14.9 Å². The van der Waals surface area contributed by atoms with Gasteiger partial charge in [0.25, 0.3) is 0 Å². The van der Waals surface area contributed by atoms with Crippen molar-refractivity contribution in [1.82, 2.24) is 10.2 Å². The molecule has 0 atom stereocenters. The number of rotatable bonds is 6. The molecule has 0 aromatic rings. The number of nitrogens with zero attached hydrogens (tertiary/aromatic N) is 2. The summed E-state index contributed by atoms with van der Waals surface area (Å²) in [5.74, 6) is -0.505. The van der Waals surface area contributed by atoms with Crippen LogP contribution in [0.25, 0.3) is 0 Å². The van der Waals surface area contributed by atoms with Crippen LogP contribution in [-0.4, -0.2) is 49.7 Å². The number of ether oxygens (including phenoxy) is 2. The van der Waals surface area contributed by atoms with Crippen LogP contribution in [0.1, 0.15) is 26.7 Å². The van der Waals surface area contributed by atoms with Gasteiger partial charge in [-0.05, 0) is 20.3 Å². The first kappa shape index (κ1) is 16.8. The Balaban J connectivity index is 2.82. The maximum absolute atomic E-state index is 11.8. The van der Waals surface area contributed by atoms with Gasteiger partial charge in [-0.3, -0.25) is 4.79 Å². The molecular weight excluding hydrogens is 274 g/mol. The molecule has 0 unspecified atom stereocenters. The van der Waals surface area contributed by atoms with Gasteiger partial charge in [0.15, 0.2) is 5.57 Å². The second-order valence-corrected chi connectivity index (χ2v) is 4.38. The highest BCUT2D eigenvalue weighted by molar-refractivity contribution is 5.93. The Labute approximate surface area is 124 Å². The second kappa shape index (κ2) is 8.84. The van der Waals surface area contributed by atoms with E-state index in [1.807, 2.05) is 11.0 Å². The Morgan fingerprint density at radius 3 is 2.67 bits per heavy atom. The van der Waals surface area contributed by atoms with Gasteiger partial charge in [-0.25, -0.2) is 4.79 Å². The number of hydrogen-bond donors (Lipinski definition) is 1. The lowest BCUT2D eigenvalue weighted by Crippen LogP contribution is -2.42. The van der Waals surface area contributed by atoms with Crippen molar-refractivity contribution >= 4 is 11.9 Å². The van der Waals surface area contributed by atoms with Crippen molar-refractivity contribution < 1.29 is 19.1 Å². The molecule has 1 N–H and O–H groups in total. The molecule has 1 rings (SSSR count). The summed E-state index contributed by atoms with van der Waals surface area (Å²) < 4.78 is 9.77. The Kier molecular flexibility index (Phi) is 7.09. The van der Waals surface area contributed by atoms with Crippen LogP contribution in [0.15, 0.2) is 11.4 Å². The SMILES string of the molecule is CCOC(=O)CCN1CCCNC1=C(C#N)C(=O)OCC. The van der Waals surface area contributed by atoms with Crippen LogP contribution in [0.4, 0.5) is 0 Å². The summed E-state index contributed by atoms with van der Waals surface area (Å²) in [6, 6.07) is 1.88. The van der Waals surface area contributed by atoms with Crippen molar-refractivity contribution in [2.75, 3.05) is 32.8 Å². The van der Waals surface area contributed by atoms with Crippen molar-refractivity contribution in [2.45, 2.75) is 26.7 Å². The number of hydrogen-bond acceptors (Lipinski definition) is 7. The summed E-state index contributed by atoms with van der Waals surface area (Å²) in [4.78, 5) is 25.0. The molecule has 0 aromatic heterocycles. The average molecular weight is 295 g/mol. The van der Waals surface area contributed by atoms with E-state index in [-0.39, 0.29) is 24.6 Å². The summed E-state index contributed by atoms with van der Waals surface area (Å²) in [5.41, 5.74) is -0.0552. The lowest BCUT2D eigenvalue weighted by molar-refractivity contribution is -0.143. The Hall–Kier alpha value is -2.23. The van der Waals surface area contributed by atoms with Gasteiger partial charge in [0.05, 0.1) is 19.6 Å². The maximum Gasteiger partial charge on any atom is 0.352 e. The summed E-state index contributed by atoms with van der Waals surface area (Å²) in [6.07, 6.45) is 1.08. The number of carbonyl (C=O) groups is 2. The van der Waals surface area contributed by atoms with Crippen molar-refractivity contribution in [1.29, 1.82) is 5.26 Å². The summed E-state index contributed by atoms with van der Waals surface area (Å²) in [6.45, 7) is 5.73. The van der Waals surface area contributed by atoms with Gasteiger partial charge in [0.1, 0.15) is 11.9 Å². The van der Waals surface area contributed by atoms with Crippen LogP contribution in [0.2, 0.25) is 0 Å². The van der Waals surface area contributed by atoms with Gasteiger partial charge in [0.2, 0.25) is 0 Å². The van der Waals surface area contributed by atoms with E-state index >= 15 is 0 Å². The van der Waals surface area contributed by atoms with Crippen molar-refractivity contribution in [3.8, 4) is 6.07 Å². The largest absolute Gasteiger partial charge is 0.466 e. The van der Waals surface area contributed by atoms with E-state index in [2.05, 4.69) is 5.32 Å². The van der Waals surface area contributed by atoms with Crippen molar-refractivity contribution in [3.05, 3.63) is 11.4 Å². The lowest BCUT2D eigenvalue weighted by Gasteiger charge is -2.32. The number of carbonyl (C=O) groups excluding carboxylic acids is 2. The molecular formula is C14H21N3O4. The van der Waals surface area contributed by atoms with Gasteiger partial charge in [-0.2, -0.15) is 5.26 Å². The highest BCUT2D eigenvalue weighted by Crippen LogP contribution is 2.14. The molecule has 0 aromatic carbocycles. The molecule has 1 aliphatic rings. The summed E-state index contributed by atoms with van der Waals surface area (Å²) in [7, 11) is 0. The third-order valence-corrected chi connectivity index (χ3v) is 2.93. The lowest BCUT2D eigenvalue weighted by atomic mass is 10.2. The molecule has 1 fully saturated rings. The second-order valence-electron chi connectivity index (χ2n) is 4.38. The van der Waals surface area contributed by atoms with E-state index in [1.54, 1.807) is 13.8 Å². The van der Waals surface area contributed by atoms with Crippen LogP contribution < -0.4 is 5.32 Å². The average Bonchev–Trinajstić information content (AvgIpc) is 2.47. The Morgan fingerprint density at radius 2 is 2.05 bits per heavy atom. The minimum absolute atomic E-state index is 0.0552. The first-order chi connectivity index (χ1) is 10.1. The predicted molar refractivity (Wildman–Crippen MR) is 74.7 cm³/mol. The van der Waals surface area contributed by atoms with Gasteiger partial charge in [-0.15, -0.1) is 0 Å². The van der Waals surface area contributed by atoms with Crippen LogP contribution in [0, 0.1) is 11.3 Å². The fourth-order valence-electron chi connectivity index (χ4n) is 2.03. The van der Waals surface area contributed by atoms with E-state index in [0.717, 1.165) is 6.42 Å². The molecule has 1 heterocycles. The van der Waals surface area contributed by atoms with Gasteiger partial charge >= 0.3 is 11.9 Å². The highest BCUT2D eigenvalue weighted by Gasteiger charge is 2.24. The van der Waals surface area contributed by atoms with Crippen LogP contribution >= 0.6 is 0 Å².